The van der Waals surface area contributed by atoms with Gasteiger partial charge in [-0.1, -0.05) is 23.7 Å². The molecule has 0 radical (unpaired) electrons. The van der Waals surface area contributed by atoms with Gasteiger partial charge < -0.3 is 14.7 Å². The third kappa shape index (κ3) is 3.02. The molecule has 3 aliphatic heterocycles. The second-order valence-electron chi connectivity index (χ2n) is 7.90. The van der Waals surface area contributed by atoms with Gasteiger partial charge in [0.25, 0.3) is 0 Å². The summed E-state index contributed by atoms with van der Waals surface area (Å²) < 4.78 is 6.54. The zero-order valence-corrected chi connectivity index (χ0v) is 16.9. The van der Waals surface area contributed by atoms with Crippen molar-refractivity contribution in [3.63, 3.8) is 0 Å². The molecule has 150 valence electrons. The average molecular weight is 412 g/mol. The summed E-state index contributed by atoms with van der Waals surface area (Å²) in [7, 11) is 0. The Bertz CT molecular complexity index is 1010. The zero-order valence-electron chi connectivity index (χ0n) is 16.1. The second kappa shape index (κ2) is 6.66. The van der Waals surface area contributed by atoms with Gasteiger partial charge in [0.1, 0.15) is 11.5 Å². The molecule has 1 saturated heterocycles. The van der Waals surface area contributed by atoms with Gasteiger partial charge in [-0.3, -0.25) is 4.79 Å². The van der Waals surface area contributed by atoms with Crippen LogP contribution in [0, 0.1) is 0 Å². The van der Waals surface area contributed by atoms with Gasteiger partial charge >= 0.3 is 0 Å². The number of benzene rings is 2. The number of hydrazone groups is 1. The van der Waals surface area contributed by atoms with Gasteiger partial charge in [0.15, 0.2) is 0 Å². The molecule has 3 aliphatic rings. The van der Waals surface area contributed by atoms with Gasteiger partial charge in [-0.2, -0.15) is 5.10 Å². The van der Waals surface area contributed by atoms with Crippen molar-refractivity contribution >= 4 is 23.2 Å². The number of phenolic OH excluding ortho intramolecular Hbond substituents is 1. The second-order valence-corrected chi connectivity index (χ2v) is 8.33. The van der Waals surface area contributed by atoms with Gasteiger partial charge in [-0.15, -0.1) is 0 Å². The molecular weight excluding hydrogens is 390 g/mol. The Kier molecular flexibility index (Phi) is 4.21. The molecule has 2 aromatic carbocycles. The number of halogens is 1. The highest BCUT2D eigenvalue weighted by molar-refractivity contribution is 6.30. The molecule has 0 saturated carbocycles. The van der Waals surface area contributed by atoms with Crippen molar-refractivity contribution in [2.75, 3.05) is 13.1 Å². The van der Waals surface area contributed by atoms with Crippen molar-refractivity contribution in [1.29, 1.82) is 0 Å². The van der Waals surface area contributed by atoms with Crippen LogP contribution < -0.4 is 4.74 Å². The molecule has 3 heterocycles. The van der Waals surface area contributed by atoms with Crippen molar-refractivity contribution < 1.29 is 14.6 Å². The van der Waals surface area contributed by atoms with E-state index in [9.17, 15) is 9.90 Å². The number of fused-ring (bicyclic) bond motifs is 4. The summed E-state index contributed by atoms with van der Waals surface area (Å²) in [5, 5.41) is 17.6. The van der Waals surface area contributed by atoms with E-state index in [1.165, 1.54) is 0 Å². The fraction of sp³-hybridized carbons (Fsp3) is 0.364. The minimum atomic E-state index is -0.587. The first-order valence-corrected chi connectivity index (χ1v) is 10.2. The van der Waals surface area contributed by atoms with Crippen LogP contribution in [0.15, 0.2) is 47.6 Å². The summed E-state index contributed by atoms with van der Waals surface area (Å²) >= 11 is 6.28. The molecule has 7 heteroatoms. The zero-order chi connectivity index (χ0) is 20.2. The molecule has 0 aromatic heterocycles. The van der Waals surface area contributed by atoms with Crippen LogP contribution in [-0.4, -0.2) is 45.4 Å². The van der Waals surface area contributed by atoms with Gasteiger partial charge in [0, 0.05) is 55.4 Å². The number of carbonyl (C=O) groups is 1. The molecule has 1 spiro atoms. The molecule has 1 fully saturated rings. The van der Waals surface area contributed by atoms with Crippen molar-refractivity contribution in [2.45, 2.75) is 38.0 Å². The maximum Gasteiger partial charge on any atom is 0.219 e. The molecule has 1 unspecified atom stereocenters. The highest BCUT2D eigenvalue weighted by atomic mass is 35.5. The number of hydrogen-bond donors (Lipinski definition) is 1. The number of likely N-dealkylation sites (tertiary alicyclic amines) is 1. The summed E-state index contributed by atoms with van der Waals surface area (Å²) in [6.45, 7) is 2.88. The van der Waals surface area contributed by atoms with Crippen LogP contribution >= 0.6 is 11.6 Å². The Balaban J connectivity index is 1.56. The van der Waals surface area contributed by atoms with E-state index in [1.54, 1.807) is 19.1 Å². The number of phenols is 1. The normalized spacial score (nSPS) is 22.0. The Morgan fingerprint density at radius 2 is 2.03 bits per heavy atom. The first kappa shape index (κ1) is 18.3. The topological polar surface area (TPSA) is 65.4 Å². The summed E-state index contributed by atoms with van der Waals surface area (Å²) in [6, 6.07) is 12.9. The molecule has 29 heavy (non-hydrogen) atoms. The minimum absolute atomic E-state index is 0.0127. The molecule has 6 nitrogen and oxygen atoms in total. The van der Waals surface area contributed by atoms with E-state index < -0.39 is 5.72 Å². The fourth-order valence-corrected chi connectivity index (χ4v) is 4.79. The van der Waals surface area contributed by atoms with E-state index in [0.29, 0.717) is 37.4 Å². The van der Waals surface area contributed by atoms with E-state index in [4.69, 9.17) is 21.4 Å². The van der Waals surface area contributed by atoms with Crippen molar-refractivity contribution in [3.8, 4) is 11.5 Å². The van der Waals surface area contributed by atoms with Crippen LogP contribution in [0.2, 0.25) is 5.02 Å². The van der Waals surface area contributed by atoms with E-state index in [1.807, 2.05) is 35.2 Å². The van der Waals surface area contributed by atoms with Gasteiger partial charge in [-0.25, -0.2) is 5.01 Å². The van der Waals surface area contributed by atoms with Crippen LogP contribution in [0.5, 0.6) is 11.5 Å². The standard InChI is InChI=1S/C22H22ClN3O3/c1-14(27)25-9-7-22(8-10-25)26-20(18-12-16(23)5-6-21(18)29-22)13-19(24-26)15-3-2-4-17(28)11-15/h2-6,11-12,20,28H,7-10,13H2,1H3. The quantitative estimate of drug-likeness (QED) is 0.772. The Hall–Kier alpha value is -2.73. The monoisotopic (exact) mass is 411 g/mol. The lowest BCUT2D eigenvalue weighted by Crippen LogP contribution is -2.59. The van der Waals surface area contributed by atoms with Gasteiger partial charge in [-0.05, 0) is 30.3 Å². The minimum Gasteiger partial charge on any atom is -0.508 e. The first-order valence-electron chi connectivity index (χ1n) is 9.85. The average Bonchev–Trinajstić information content (AvgIpc) is 3.16. The molecule has 0 aliphatic carbocycles. The number of rotatable bonds is 1. The molecular formula is C22H22ClN3O3. The van der Waals surface area contributed by atoms with Crippen molar-refractivity contribution in [2.24, 2.45) is 5.10 Å². The Morgan fingerprint density at radius 3 is 2.76 bits per heavy atom. The Morgan fingerprint density at radius 1 is 1.24 bits per heavy atom. The molecule has 1 amide bonds. The number of piperidine rings is 1. The molecule has 2 aromatic rings. The van der Waals surface area contributed by atoms with E-state index in [0.717, 1.165) is 22.6 Å². The number of aromatic hydroxyl groups is 1. The smallest absolute Gasteiger partial charge is 0.219 e. The summed E-state index contributed by atoms with van der Waals surface area (Å²) in [4.78, 5) is 13.7. The number of carbonyl (C=O) groups excluding carboxylic acids is 1. The largest absolute Gasteiger partial charge is 0.508 e. The van der Waals surface area contributed by atoms with Crippen molar-refractivity contribution in [1.82, 2.24) is 9.91 Å². The molecule has 0 bridgehead atoms. The number of hydrogen-bond acceptors (Lipinski definition) is 5. The highest BCUT2D eigenvalue weighted by Gasteiger charge is 2.52. The predicted molar refractivity (Wildman–Crippen MR) is 110 cm³/mol. The van der Waals surface area contributed by atoms with Crippen LogP contribution in [-0.2, 0) is 4.79 Å². The number of nitrogens with zero attached hydrogens (tertiary/aromatic N) is 3. The molecule has 5 rings (SSSR count). The number of amides is 1. The van der Waals surface area contributed by atoms with E-state index in [2.05, 4.69) is 5.01 Å². The van der Waals surface area contributed by atoms with Crippen LogP contribution in [0.4, 0.5) is 0 Å². The number of ether oxygens (including phenoxy) is 1. The summed E-state index contributed by atoms with van der Waals surface area (Å²) in [5.74, 6) is 1.14. The summed E-state index contributed by atoms with van der Waals surface area (Å²) in [6.07, 6.45) is 2.07. The lowest BCUT2D eigenvalue weighted by molar-refractivity contribution is -0.158. The van der Waals surface area contributed by atoms with Crippen molar-refractivity contribution in [3.05, 3.63) is 58.6 Å². The third-order valence-corrected chi connectivity index (χ3v) is 6.36. The maximum absolute atomic E-state index is 11.8. The highest BCUT2D eigenvalue weighted by Crippen LogP contribution is 2.50. The van der Waals surface area contributed by atoms with Gasteiger partial charge in [0.2, 0.25) is 11.6 Å². The summed E-state index contributed by atoms with van der Waals surface area (Å²) in [5.41, 5.74) is 2.25. The van der Waals surface area contributed by atoms with Crippen LogP contribution in [0.25, 0.3) is 0 Å². The molecule has 1 atom stereocenters. The third-order valence-electron chi connectivity index (χ3n) is 6.13. The Labute approximate surface area is 174 Å². The van der Waals surface area contributed by atoms with E-state index in [-0.39, 0.29) is 17.7 Å². The van der Waals surface area contributed by atoms with Crippen LogP contribution in [0.3, 0.4) is 0 Å². The SMILES string of the molecule is CC(=O)N1CCC2(CC1)Oc1ccc(Cl)cc1C1CC(c3cccc(O)c3)=NN12. The molecule has 1 N–H and O–H groups in total. The fourth-order valence-electron chi connectivity index (χ4n) is 4.61. The maximum atomic E-state index is 11.8. The first-order chi connectivity index (χ1) is 13.9. The lowest BCUT2D eigenvalue weighted by atomic mass is 9.90. The van der Waals surface area contributed by atoms with E-state index >= 15 is 0 Å². The van der Waals surface area contributed by atoms with Gasteiger partial charge in [0.05, 0.1) is 11.8 Å². The van der Waals surface area contributed by atoms with Crippen LogP contribution in [0.1, 0.15) is 43.4 Å². The lowest BCUT2D eigenvalue weighted by Gasteiger charge is -2.51. The predicted octanol–water partition coefficient (Wildman–Crippen LogP) is 3.93.